The summed E-state index contributed by atoms with van der Waals surface area (Å²) in [5, 5.41) is 65.0. The van der Waals surface area contributed by atoms with E-state index < -0.39 is 144 Å². The summed E-state index contributed by atoms with van der Waals surface area (Å²) in [5.41, 5.74) is -2.85. The van der Waals surface area contributed by atoms with Gasteiger partial charge in [-0.2, -0.15) is 0 Å². The molecular weight excluding hydrogens is 897 g/mol. The van der Waals surface area contributed by atoms with Gasteiger partial charge in [0.25, 0.3) is 23.6 Å². The second-order valence-electron chi connectivity index (χ2n) is 14.0. The lowest BCUT2D eigenvalue weighted by Crippen LogP contribution is -2.46. The van der Waals surface area contributed by atoms with Crippen molar-refractivity contribution in [3.63, 3.8) is 0 Å². The van der Waals surface area contributed by atoms with Crippen molar-refractivity contribution in [1.82, 2.24) is 36.5 Å². The van der Waals surface area contributed by atoms with Crippen molar-refractivity contribution >= 4 is 73.2 Å². The molecule has 3 rings (SSSR count). The standard InChI is InChI=1S/C37H44B3F6N7O13/c1-66-51-27(55)19-52(28(56)17-47-11-2-12-49-35(57)20-5-8-23(38(60)61)32(44)29(20)41)15-3-13-48-26(54)18-53(37(59)22-7-10-25(40(64)65)34(46)31(22)43)16-4-14-50-36(58)21-6-9-24(39(62)63)33(45)30(21)42/h5-10,47,60-65H,2-4,11-19H2,1H3,(H,48,54)(H,49,57)(H,50,58)(H,51,55). The van der Waals surface area contributed by atoms with Gasteiger partial charge in [-0.05, 0) is 44.0 Å². The molecule has 3 aromatic rings. The molecule has 0 saturated carbocycles. The molecule has 0 aliphatic carbocycles. The molecule has 0 bridgehead atoms. The first-order chi connectivity index (χ1) is 31.2. The zero-order valence-electron chi connectivity index (χ0n) is 34.9. The molecule has 0 fully saturated rings. The normalized spacial score (nSPS) is 10.8. The van der Waals surface area contributed by atoms with E-state index in [2.05, 4.69) is 26.1 Å². The van der Waals surface area contributed by atoms with Crippen LogP contribution >= 0.6 is 0 Å². The van der Waals surface area contributed by atoms with Crippen molar-refractivity contribution in [3.05, 3.63) is 88.0 Å². The van der Waals surface area contributed by atoms with Crippen LogP contribution < -0.4 is 43.1 Å². The van der Waals surface area contributed by atoms with Crippen molar-refractivity contribution in [2.75, 3.05) is 66.0 Å². The highest BCUT2D eigenvalue weighted by Crippen LogP contribution is 2.15. The van der Waals surface area contributed by atoms with E-state index in [9.17, 15) is 65.2 Å². The Bertz CT molecular complexity index is 2240. The molecule has 29 heteroatoms. The smallest absolute Gasteiger partial charge is 0.423 e. The molecule has 0 heterocycles. The van der Waals surface area contributed by atoms with Crippen LogP contribution in [-0.2, 0) is 19.2 Å². The molecular formula is C37H44B3F6N7O13. The number of rotatable bonds is 25. The van der Waals surface area contributed by atoms with Gasteiger partial charge in [-0.3, -0.25) is 33.6 Å². The molecule has 6 amide bonds. The van der Waals surface area contributed by atoms with Gasteiger partial charge in [0.2, 0.25) is 11.8 Å². The first-order valence-corrected chi connectivity index (χ1v) is 19.7. The fourth-order valence-electron chi connectivity index (χ4n) is 5.95. The summed E-state index contributed by atoms with van der Waals surface area (Å²) in [4.78, 5) is 83.0. The summed E-state index contributed by atoms with van der Waals surface area (Å²) in [6, 6.07) is 4.73. The Morgan fingerprint density at radius 2 is 0.939 bits per heavy atom. The second kappa shape index (κ2) is 26.2. The number of amides is 6. The number of carbonyl (C=O) groups is 6. The largest absolute Gasteiger partial charge is 0.491 e. The highest BCUT2D eigenvalue weighted by Gasteiger charge is 2.29. The van der Waals surface area contributed by atoms with Gasteiger partial charge in [-0.25, -0.2) is 31.8 Å². The molecule has 0 unspecified atom stereocenters. The lowest BCUT2D eigenvalue weighted by atomic mass is 9.79. The van der Waals surface area contributed by atoms with Gasteiger partial charge in [0.05, 0.1) is 36.9 Å². The summed E-state index contributed by atoms with van der Waals surface area (Å²) in [6.45, 7) is -2.69. The van der Waals surface area contributed by atoms with Crippen molar-refractivity contribution < 1.29 is 90.1 Å². The van der Waals surface area contributed by atoms with Gasteiger partial charge < -0.3 is 61.2 Å². The minimum Gasteiger partial charge on any atom is -0.423 e. The first kappa shape index (κ1) is 54.3. The lowest BCUT2D eigenvalue weighted by Gasteiger charge is -2.24. The number of hydrogen-bond acceptors (Lipinski definition) is 14. The van der Waals surface area contributed by atoms with Gasteiger partial charge in [0.15, 0.2) is 34.9 Å². The number of nitrogens with zero attached hydrogens (tertiary/aromatic N) is 2. The number of hydrogen-bond donors (Lipinski definition) is 11. The summed E-state index contributed by atoms with van der Waals surface area (Å²) in [6.07, 6.45) is -0.00957. The maximum atomic E-state index is 15.0. The molecule has 20 nitrogen and oxygen atoms in total. The quantitative estimate of drug-likeness (QED) is 0.0165. The van der Waals surface area contributed by atoms with Crippen LogP contribution in [0.25, 0.3) is 0 Å². The third-order valence-corrected chi connectivity index (χ3v) is 9.32. The predicted octanol–water partition coefficient (Wildman–Crippen LogP) is -4.75. The van der Waals surface area contributed by atoms with Gasteiger partial charge in [0.1, 0.15) is 6.54 Å². The second-order valence-corrected chi connectivity index (χ2v) is 14.0. The fourth-order valence-corrected chi connectivity index (χ4v) is 5.95. The van der Waals surface area contributed by atoms with Crippen LogP contribution in [0.5, 0.6) is 0 Å². The van der Waals surface area contributed by atoms with Crippen LogP contribution in [0.3, 0.4) is 0 Å². The molecule has 0 aliphatic heterocycles. The monoisotopic (exact) mass is 941 g/mol. The number of hydroxylamine groups is 1. The molecule has 0 saturated heterocycles. The number of nitrogens with one attached hydrogen (secondary N) is 5. The fraction of sp³-hybridized carbons (Fsp3) is 0.351. The SMILES string of the molecule is CONC(=O)CN(CCCNC(=O)CN(CCCNC(=O)c1ccc(B(O)O)c(F)c1F)C(=O)c1ccc(B(O)O)c(F)c1F)C(=O)CNCCCNC(=O)c1ccc(B(O)O)c(F)c1F. The first-order valence-electron chi connectivity index (χ1n) is 19.7. The van der Waals surface area contributed by atoms with Crippen LogP contribution in [0.4, 0.5) is 26.3 Å². The Kier molecular flexibility index (Phi) is 21.5. The van der Waals surface area contributed by atoms with Crippen molar-refractivity contribution in [1.29, 1.82) is 0 Å². The number of benzene rings is 3. The minimum atomic E-state index is -2.44. The molecule has 66 heavy (non-hydrogen) atoms. The van der Waals surface area contributed by atoms with Crippen molar-refractivity contribution in [2.24, 2.45) is 0 Å². The summed E-state index contributed by atoms with van der Waals surface area (Å²) in [7, 11) is -5.95. The Morgan fingerprint density at radius 3 is 1.41 bits per heavy atom. The van der Waals surface area contributed by atoms with E-state index in [4.69, 9.17) is 20.1 Å². The number of carbonyl (C=O) groups excluding carboxylic acids is 6. The average molecular weight is 941 g/mol. The van der Waals surface area contributed by atoms with Crippen LogP contribution in [-0.4, -0.2) is 163 Å². The maximum absolute atomic E-state index is 15.0. The Balaban J connectivity index is 1.58. The van der Waals surface area contributed by atoms with Crippen LogP contribution in [0, 0.1) is 34.9 Å². The molecule has 356 valence electrons. The topological polar surface area (TPSA) is 300 Å². The molecule has 0 aliphatic rings. The molecule has 0 atom stereocenters. The molecule has 3 aromatic carbocycles. The van der Waals surface area contributed by atoms with E-state index in [1.807, 2.05) is 5.48 Å². The Morgan fingerprint density at radius 1 is 0.530 bits per heavy atom. The van der Waals surface area contributed by atoms with Crippen LogP contribution in [0.1, 0.15) is 50.3 Å². The minimum absolute atomic E-state index is 0.0132. The Hall–Kier alpha value is -6.07. The van der Waals surface area contributed by atoms with Gasteiger partial charge in [-0.15, -0.1) is 0 Å². The van der Waals surface area contributed by atoms with Crippen LogP contribution in [0.15, 0.2) is 36.4 Å². The molecule has 0 radical (unpaired) electrons. The van der Waals surface area contributed by atoms with Gasteiger partial charge in [0, 0.05) is 49.1 Å². The van der Waals surface area contributed by atoms with E-state index in [1.165, 1.54) is 0 Å². The average Bonchev–Trinajstić information content (AvgIpc) is 3.26. The highest BCUT2D eigenvalue weighted by molar-refractivity contribution is 6.59. The predicted molar refractivity (Wildman–Crippen MR) is 221 cm³/mol. The summed E-state index contributed by atoms with van der Waals surface area (Å²) in [5.74, 6) is -15.7. The zero-order valence-corrected chi connectivity index (χ0v) is 34.9. The van der Waals surface area contributed by atoms with E-state index in [-0.39, 0.29) is 58.5 Å². The maximum Gasteiger partial charge on any atom is 0.491 e. The van der Waals surface area contributed by atoms with Crippen molar-refractivity contribution in [3.8, 4) is 0 Å². The van der Waals surface area contributed by atoms with Crippen molar-refractivity contribution in [2.45, 2.75) is 19.3 Å². The van der Waals surface area contributed by atoms with Gasteiger partial charge in [-0.1, -0.05) is 18.2 Å². The van der Waals surface area contributed by atoms with E-state index in [1.54, 1.807) is 0 Å². The molecule has 0 aromatic heterocycles. The lowest BCUT2D eigenvalue weighted by molar-refractivity contribution is -0.140. The van der Waals surface area contributed by atoms with E-state index >= 15 is 0 Å². The zero-order chi connectivity index (χ0) is 49.2. The molecule has 11 N–H and O–H groups in total. The van der Waals surface area contributed by atoms with E-state index in [0.717, 1.165) is 53.3 Å². The Labute approximate surface area is 372 Å². The summed E-state index contributed by atoms with van der Waals surface area (Å²) >= 11 is 0. The highest BCUT2D eigenvalue weighted by atomic mass is 19.2. The van der Waals surface area contributed by atoms with E-state index in [0.29, 0.717) is 0 Å². The number of halogens is 6. The van der Waals surface area contributed by atoms with Crippen LogP contribution in [0.2, 0.25) is 0 Å². The third-order valence-electron chi connectivity index (χ3n) is 9.32. The third kappa shape index (κ3) is 15.3. The molecule has 0 spiro atoms. The summed E-state index contributed by atoms with van der Waals surface area (Å²) < 4.78 is 86.5. The van der Waals surface area contributed by atoms with Gasteiger partial charge >= 0.3 is 21.4 Å².